The van der Waals surface area contributed by atoms with E-state index in [0.29, 0.717) is 18.7 Å². The first-order valence-electron chi connectivity index (χ1n) is 12.3. The van der Waals surface area contributed by atoms with Crippen LogP contribution in [0.4, 0.5) is 24.7 Å². The largest absolute Gasteiger partial charge is 0.416 e. The molecule has 4 heterocycles. The van der Waals surface area contributed by atoms with E-state index in [1.54, 1.807) is 21.9 Å². The number of piperazine rings is 1. The fourth-order valence-corrected chi connectivity index (χ4v) is 6.82. The van der Waals surface area contributed by atoms with Crippen molar-refractivity contribution in [2.75, 3.05) is 62.2 Å². The zero-order valence-corrected chi connectivity index (χ0v) is 22.0. The normalized spacial score (nSPS) is 22.2. The topological polar surface area (TPSA) is 103 Å². The lowest BCUT2D eigenvalue weighted by atomic mass is 10.0. The molecule has 3 fully saturated rings. The molecule has 1 unspecified atom stereocenters. The van der Waals surface area contributed by atoms with Crippen molar-refractivity contribution < 1.29 is 26.4 Å². The number of rotatable bonds is 6. The molecule has 14 heteroatoms. The van der Waals surface area contributed by atoms with Crippen molar-refractivity contribution in [3.8, 4) is 0 Å². The molecule has 0 saturated carbocycles. The van der Waals surface area contributed by atoms with E-state index in [9.17, 15) is 26.4 Å². The molecule has 1 aromatic carbocycles. The summed E-state index contributed by atoms with van der Waals surface area (Å²) in [5, 5.41) is -0.280. The van der Waals surface area contributed by atoms with Crippen LogP contribution in [0.3, 0.4) is 0 Å². The third-order valence-corrected chi connectivity index (χ3v) is 9.27. The van der Waals surface area contributed by atoms with Crippen LogP contribution in [0.2, 0.25) is 5.15 Å². The molecule has 0 spiro atoms. The number of pyridine rings is 1. The number of anilines is 2. The molecule has 9 nitrogen and oxygen atoms in total. The van der Waals surface area contributed by atoms with E-state index in [4.69, 9.17) is 17.3 Å². The van der Waals surface area contributed by atoms with Crippen LogP contribution in [-0.2, 0) is 21.0 Å². The standard InChI is InChI=1S/C24H28ClF3N6O3S/c25-21-10-17(24(26,27)28)11-22(30-21)32-5-7-33(8-6-32)38(36,37)20-3-1-19(2-4-20)34-13-16(9-23(34)35)12-31-14-18(29)15-31/h1-4,10-11,16,18H,5-9,12-15,29H2. The molecule has 206 valence electrons. The minimum absolute atomic E-state index is 0.00913. The molecule has 0 radical (unpaired) electrons. The third kappa shape index (κ3) is 5.62. The number of halogens is 4. The maximum absolute atomic E-state index is 13.2. The molecule has 3 aliphatic rings. The van der Waals surface area contributed by atoms with Crippen LogP contribution in [0, 0.1) is 5.92 Å². The lowest BCUT2D eigenvalue weighted by Gasteiger charge is -2.38. The van der Waals surface area contributed by atoms with Crippen molar-refractivity contribution in [1.29, 1.82) is 0 Å². The minimum atomic E-state index is -4.57. The van der Waals surface area contributed by atoms with Gasteiger partial charge in [-0.25, -0.2) is 13.4 Å². The van der Waals surface area contributed by atoms with Gasteiger partial charge < -0.3 is 15.5 Å². The fourth-order valence-electron chi connectivity index (χ4n) is 5.19. The molecule has 1 aromatic heterocycles. The van der Waals surface area contributed by atoms with Gasteiger partial charge in [-0.15, -0.1) is 0 Å². The van der Waals surface area contributed by atoms with Gasteiger partial charge in [-0.2, -0.15) is 17.5 Å². The van der Waals surface area contributed by atoms with E-state index < -0.39 is 21.8 Å². The molecule has 0 bridgehead atoms. The maximum Gasteiger partial charge on any atom is 0.416 e. The molecule has 5 rings (SSSR count). The first-order valence-corrected chi connectivity index (χ1v) is 14.1. The Morgan fingerprint density at radius 1 is 1.03 bits per heavy atom. The highest BCUT2D eigenvalue weighted by Crippen LogP contribution is 2.33. The Morgan fingerprint density at radius 3 is 2.29 bits per heavy atom. The van der Waals surface area contributed by atoms with Crippen LogP contribution in [0.25, 0.3) is 0 Å². The summed E-state index contributed by atoms with van der Waals surface area (Å²) in [6.45, 7) is 3.55. The van der Waals surface area contributed by atoms with Crippen LogP contribution < -0.4 is 15.5 Å². The predicted octanol–water partition coefficient (Wildman–Crippen LogP) is 2.26. The van der Waals surface area contributed by atoms with E-state index >= 15 is 0 Å². The highest BCUT2D eigenvalue weighted by Gasteiger charge is 2.36. The summed E-state index contributed by atoms with van der Waals surface area (Å²) in [7, 11) is -3.83. The number of benzene rings is 1. The second-order valence-corrected chi connectivity index (χ2v) is 12.3. The van der Waals surface area contributed by atoms with E-state index in [2.05, 4.69) is 9.88 Å². The van der Waals surface area contributed by atoms with Gasteiger partial charge in [0.25, 0.3) is 0 Å². The van der Waals surface area contributed by atoms with Gasteiger partial charge in [0, 0.05) is 70.5 Å². The lowest BCUT2D eigenvalue weighted by molar-refractivity contribution is -0.137. The number of hydrogen-bond acceptors (Lipinski definition) is 7. The van der Waals surface area contributed by atoms with Gasteiger partial charge >= 0.3 is 6.18 Å². The van der Waals surface area contributed by atoms with Gasteiger partial charge in [-0.3, -0.25) is 9.69 Å². The molecule has 0 aliphatic carbocycles. The average Bonchev–Trinajstić information content (AvgIpc) is 3.22. The molecule has 2 N–H and O–H groups in total. The van der Waals surface area contributed by atoms with E-state index in [1.807, 2.05) is 0 Å². The molecule has 3 aliphatic heterocycles. The SMILES string of the molecule is NC1CN(CC2CC(=O)N(c3ccc(S(=O)(=O)N4CCN(c5cc(C(F)(F)F)cc(Cl)n5)CC4)cc3)C2)C1. The Balaban J connectivity index is 1.21. The van der Waals surface area contributed by atoms with Gasteiger partial charge in [0.05, 0.1) is 10.5 Å². The summed E-state index contributed by atoms with van der Waals surface area (Å²) in [4.78, 5) is 22.2. The maximum atomic E-state index is 13.2. The van der Waals surface area contributed by atoms with Gasteiger partial charge in [0.2, 0.25) is 15.9 Å². The van der Waals surface area contributed by atoms with E-state index in [-0.39, 0.29) is 59.9 Å². The van der Waals surface area contributed by atoms with Crippen LogP contribution in [0.5, 0.6) is 0 Å². The highest BCUT2D eigenvalue weighted by atomic mass is 35.5. The molecular weight excluding hydrogens is 545 g/mol. The summed E-state index contributed by atoms with van der Waals surface area (Å²) < 4.78 is 67.2. The summed E-state index contributed by atoms with van der Waals surface area (Å²) >= 11 is 5.79. The Bertz CT molecular complexity index is 1300. The highest BCUT2D eigenvalue weighted by molar-refractivity contribution is 7.89. The first kappa shape index (κ1) is 27.1. The summed E-state index contributed by atoms with van der Waals surface area (Å²) in [6.07, 6.45) is -4.12. The number of likely N-dealkylation sites (tertiary alicyclic amines) is 1. The van der Waals surface area contributed by atoms with Gasteiger partial charge in [-0.1, -0.05) is 11.6 Å². The van der Waals surface area contributed by atoms with Crippen molar-refractivity contribution in [1.82, 2.24) is 14.2 Å². The van der Waals surface area contributed by atoms with Gasteiger partial charge in [0.15, 0.2) is 0 Å². The molecule has 3 saturated heterocycles. The van der Waals surface area contributed by atoms with Crippen LogP contribution >= 0.6 is 11.6 Å². The van der Waals surface area contributed by atoms with Crippen LogP contribution in [0.1, 0.15) is 12.0 Å². The predicted molar refractivity (Wildman–Crippen MR) is 137 cm³/mol. The lowest BCUT2D eigenvalue weighted by Crippen LogP contribution is -2.56. The smallest absolute Gasteiger partial charge is 0.354 e. The molecule has 1 amide bonds. The monoisotopic (exact) mass is 572 g/mol. The Kier molecular flexibility index (Phi) is 7.33. The van der Waals surface area contributed by atoms with Crippen LogP contribution in [0.15, 0.2) is 41.3 Å². The number of carbonyl (C=O) groups is 1. The van der Waals surface area contributed by atoms with Crippen molar-refractivity contribution in [2.45, 2.75) is 23.5 Å². The average molecular weight is 573 g/mol. The molecule has 2 aromatic rings. The van der Waals surface area contributed by atoms with Gasteiger partial charge in [0.1, 0.15) is 11.0 Å². The van der Waals surface area contributed by atoms with E-state index in [0.717, 1.165) is 31.8 Å². The Morgan fingerprint density at radius 2 is 1.68 bits per heavy atom. The fraction of sp³-hybridized carbons (Fsp3) is 0.500. The third-order valence-electron chi connectivity index (χ3n) is 7.16. The number of nitrogens with zero attached hydrogens (tertiary/aromatic N) is 5. The molecular formula is C24H28ClF3N6O3S. The van der Waals surface area contributed by atoms with Crippen LogP contribution in [-0.4, -0.2) is 86.9 Å². The zero-order chi connectivity index (χ0) is 27.2. The minimum Gasteiger partial charge on any atom is -0.354 e. The zero-order valence-electron chi connectivity index (χ0n) is 20.4. The summed E-state index contributed by atoms with van der Waals surface area (Å²) in [5.41, 5.74) is 5.57. The van der Waals surface area contributed by atoms with Crippen molar-refractivity contribution in [3.05, 3.63) is 47.1 Å². The second kappa shape index (κ2) is 10.3. The van der Waals surface area contributed by atoms with Gasteiger partial charge in [-0.05, 0) is 42.3 Å². The van der Waals surface area contributed by atoms with Crippen molar-refractivity contribution in [3.63, 3.8) is 0 Å². The number of amides is 1. The number of nitrogens with two attached hydrogens (primary N) is 1. The van der Waals surface area contributed by atoms with E-state index in [1.165, 1.54) is 16.4 Å². The number of alkyl halides is 3. The Labute approximate surface area is 224 Å². The first-order chi connectivity index (χ1) is 17.9. The Hall–Kier alpha value is -2.45. The number of hydrogen-bond donors (Lipinski definition) is 1. The number of sulfonamides is 1. The second-order valence-electron chi connectivity index (χ2n) is 9.97. The van der Waals surface area contributed by atoms with Crippen molar-refractivity contribution in [2.24, 2.45) is 11.7 Å². The quantitative estimate of drug-likeness (QED) is 0.530. The summed E-state index contributed by atoms with van der Waals surface area (Å²) in [6, 6.07) is 8.12. The number of carbonyl (C=O) groups excluding carboxylic acids is 1. The number of aromatic nitrogens is 1. The van der Waals surface area contributed by atoms with Crippen molar-refractivity contribution >= 4 is 39.0 Å². The summed E-state index contributed by atoms with van der Waals surface area (Å²) in [5.74, 6) is 0.266. The molecule has 1 atom stereocenters. The molecule has 38 heavy (non-hydrogen) atoms.